The van der Waals surface area contributed by atoms with Crippen LogP contribution in [-0.2, 0) is 6.54 Å². The maximum atomic E-state index is 13.5. The van der Waals surface area contributed by atoms with E-state index in [1.807, 2.05) is 31.2 Å². The van der Waals surface area contributed by atoms with Gasteiger partial charge in [-0.05, 0) is 60.5 Å². The summed E-state index contributed by atoms with van der Waals surface area (Å²) in [7, 11) is 1.62. The van der Waals surface area contributed by atoms with E-state index in [1.165, 1.54) is 12.1 Å². The van der Waals surface area contributed by atoms with Crippen LogP contribution in [0.3, 0.4) is 0 Å². The molecule has 0 aliphatic carbocycles. The minimum Gasteiger partial charge on any atom is -0.497 e. The summed E-state index contributed by atoms with van der Waals surface area (Å²) in [5, 5.41) is 3.37. The first-order valence-corrected chi connectivity index (χ1v) is 8.98. The summed E-state index contributed by atoms with van der Waals surface area (Å²) < 4.78 is 18.7. The normalized spacial score (nSPS) is 15.5. The number of aryl methyl sites for hydroxylation is 1. The average molecular weight is 377 g/mol. The number of ether oxygens (including phenoxy) is 1. The minimum atomic E-state index is -0.435. The van der Waals surface area contributed by atoms with Gasteiger partial charge in [-0.15, -0.1) is 0 Å². The number of amides is 1. The lowest BCUT2D eigenvalue weighted by atomic mass is 10.1. The Kier molecular flexibility index (Phi) is 4.69. The molecule has 1 aliphatic rings. The topological polar surface area (TPSA) is 54.5 Å². The highest BCUT2D eigenvalue weighted by Crippen LogP contribution is 2.35. The Hall–Kier alpha value is -3.41. The van der Waals surface area contributed by atoms with Gasteiger partial charge in [-0.1, -0.05) is 12.1 Å². The van der Waals surface area contributed by atoms with Crippen molar-refractivity contribution in [1.29, 1.82) is 0 Å². The molecule has 1 aliphatic heterocycles. The quantitative estimate of drug-likeness (QED) is 0.720. The minimum absolute atomic E-state index is 0.0869. The Balaban J connectivity index is 1.67. The predicted octanol–water partition coefficient (Wildman–Crippen LogP) is 4.30. The lowest BCUT2D eigenvalue weighted by Crippen LogP contribution is -2.32. The third-order valence-corrected chi connectivity index (χ3v) is 4.89. The summed E-state index contributed by atoms with van der Waals surface area (Å²) in [6, 6.07) is 15.7. The molecule has 1 amide bonds. The van der Waals surface area contributed by atoms with Gasteiger partial charge in [0.15, 0.2) is 0 Å². The second kappa shape index (κ2) is 7.31. The maximum absolute atomic E-state index is 13.5. The Labute approximate surface area is 162 Å². The van der Waals surface area contributed by atoms with Crippen LogP contribution in [0.15, 0.2) is 60.8 Å². The number of anilines is 1. The van der Waals surface area contributed by atoms with Crippen LogP contribution in [0.2, 0.25) is 0 Å². The zero-order valence-corrected chi connectivity index (χ0v) is 15.6. The molecule has 1 N–H and O–H groups in total. The SMILES string of the molecule is COc1ccc(CN2C(=O)c3cccnc3[C@H]2Nc2ccc(F)cc2C)cc1. The van der Waals surface area contributed by atoms with E-state index in [-0.39, 0.29) is 11.7 Å². The molecule has 0 radical (unpaired) electrons. The fourth-order valence-electron chi connectivity index (χ4n) is 3.41. The second-order valence-electron chi connectivity index (χ2n) is 6.72. The largest absolute Gasteiger partial charge is 0.497 e. The molecule has 2 aromatic carbocycles. The van der Waals surface area contributed by atoms with E-state index in [9.17, 15) is 9.18 Å². The molecule has 0 saturated carbocycles. The zero-order chi connectivity index (χ0) is 19.7. The Morgan fingerprint density at radius 3 is 2.68 bits per heavy atom. The van der Waals surface area contributed by atoms with Crippen molar-refractivity contribution < 1.29 is 13.9 Å². The predicted molar refractivity (Wildman–Crippen MR) is 105 cm³/mol. The van der Waals surface area contributed by atoms with E-state index in [0.29, 0.717) is 17.8 Å². The molecule has 4 rings (SSSR count). The number of aromatic nitrogens is 1. The van der Waals surface area contributed by atoms with Crippen molar-refractivity contribution in [2.75, 3.05) is 12.4 Å². The number of carbonyl (C=O) groups excluding carboxylic acids is 1. The third-order valence-electron chi connectivity index (χ3n) is 4.89. The van der Waals surface area contributed by atoms with Crippen LogP contribution in [-0.4, -0.2) is 22.9 Å². The van der Waals surface area contributed by atoms with Gasteiger partial charge in [0.05, 0.1) is 18.4 Å². The number of hydrogen-bond donors (Lipinski definition) is 1. The molecule has 0 spiro atoms. The van der Waals surface area contributed by atoms with Crippen LogP contribution in [0.4, 0.5) is 10.1 Å². The number of halogens is 1. The molecular formula is C22H20FN3O2. The van der Waals surface area contributed by atoms with Gasteiger partial charge in [-0.2, -0.15) is 0 Å². The van der Waals surface area contributed by atoms with Crippen molar-refractivity contribution in [2.45, 2.75) is 19.6 Å². The number of carbonyl (C=O) groups is 1. The molecule has 28 heavy (non-hydrogen) atoms. The van der Waals surface area contributed by atoms with Gasteiger partial charge in [0, 0.05) is 18.4 Å². The monoisotopic (exact) mass is 377 g/mol. The number of fused-ring (bicyclic) bond motifs is 1. The van der Waals surface area contributed by atoms with Crippen LogP contribution in [0.1, 0.15) is 33.3 Å². The van der Waals surface area contributed by atoms with Gasteiger partial charge in [0.25, 0.3) is 5.91 Å². The van der Waals surface area contributed by atoms with E-state index in [4.69, 9.17) is 4.74 Å². The standard InChI is InChI=1S/C22H20FN3O2/c1-14-12-16(23)7-10-19(14)25-21-20-18(4-3-11-24-20)22(27)26(21)13-15-5-8-17(28-2)9-6-15/h3-12,21,25H,13H2,1-2H3/t21-/m0/s1. The van der Waals surface area contributed by atoms with Crippen molar-refractivity contribution in [1.82, 2.24) is 9.88 Å². The first kappa shape index (κ1) is 18.0. The summed E-state index contributed by atoms with van der Waals surface area (Å²) in [4.78, 5) is 19.2. The molecule has 1 aromatic heterocycles. The molecular weight excluding hydrogens is 357 g/mol. The number of nitrogens with zero attached hydrogens (tertiary/aromatic N) is 2. The molecule has 2 heterocycles. The van der Waals surface area contributed by atoms with Crippen LogP contribution in [0.5, 0.6) is 5.75 Å². The number of pyridine rings is 1. The molecule has 6 heteroatoms. The molecule has 0 saturated heterocycles. The zero-order valence-electron chi connectivity index (χ0n) is 15.6. The van der Waals surface area contributed by atoms with Gasteiger partial charge in [0.2, 0.25) is 0 Å². The molecule has 142 valence electrons. The van der Waals surface area contributed by atoms with Crippen LogP contribution < -0.4 is 10.1 Å². The number of methoxy groups -OCH3 is 1. The van der Waals surface area contributed by atoms with Crippen molar-refractivity contribution in [3.05, 3.63) is 89.0 Å². The smallest absolute Gasteiger partial charge is 0.258 e. The van der Waals surface area contributed by atoms with Gasteiger partial charge in [0.1, 0.15) is 17.7 Å². The fraction of sp³-hybridized carbons (Fsp3) is 0.182. The highest BCUT2D eigenvalue weighted by molar-refractivity contribution is 5.98. The first-order chi connectivity index (χ1) is 13.6. The highest BCUT2D eigenvalue weighted by atomic mass is 19.1. The van der Waals surface area contributed by atoms with Gasteiger partial charge in [-0.3, -0.25) is 9.78 Å². The summed E-state index contributed by atoms with van der Waals surface area (Å²) in [5.74, 6) is 0.383. The van der Waals surface area contributed by atoms with E-state index in [1.54, 1.807) is 36.4 Å². The Bertz CT molecular complexity index is 1020. The van der Waals surface area contributed by atoms with Crippen molar-refractivity contribution in [3.63, 3.8) is 0 Å². The number of rotatable bonds is 5. The van der Waals surface area contributed by atoms with E-state index >= 15 is 0 Å². The first-order valence-electron chi connectivity index (χ1n) is 8.98. The molecule has 1 atom stereocenters. The van der Waals surface area contributed by atoms with Gasteiger partial charge < -0.3 is 15.0 Å². The summed E-state index contributed by atoms with van der Waals surface area (Å²) in [6.07, 6.45) is 1.24. The highest BCUT2D eigenvalue weighted by Gasteiger charge is 2.38. The Morgan fingerprint density at radius 1 is 1.18 bits per heavy atom. The molecule has 0 bridgehead atoms. The second-order valence-corrected chi connectivity index (χ2v) is 6.72. The third kappa shape index (κ3) is 3.29. The van der Waals surface area contributed by atoms with Crippen LogP contribution >= 0.6 is 0 Å². The summed E-state index contributed by atoms with van der Waals surface area (Å²) in [5.41, 5.74) is 3.75. The van der Waals surface area contributed by atoms with Crippen molar-refractivity contribution in [2.24, 2.45) is 0 Å². The van der Waals surface area contributed by atoms with Crippen LogP contribution in [0.25, 0.3) is 0 Å². The van der Waals surface area contributed by atoms with E-state index in [0.717, 1.165) is 22.6 Å². The molecule has 3 aromatic rings. The molecule has 0 fully saturated rings. The Morgan fingerprint density at radius 2 is 1.96 bits per heavy atom. The van der Waals surface area contributed by atoms with Crippen molar-refractivity contribution in [3.8, 4) is 5.75 Å². The van der Waals surface area contributed by atoms with E-state index in [2.05, 4.69) is 10.3 Å². The summed E-state index contributed by atoms with van der Waals surface area (Å²) >= 11 is 0. The average Bonchev–Trinajstić information content (AvgIpc) is 2.96. The number of nitrogens with one attached hydrogen (secondary N) is 1. The van der Waals surface area contributed by atoms with Gasteiger partial charge >= 0.3 is 0 Å². The number of hydrogen-bond acceptors (Lipinski definition) is 4. The lowest BCUT2D eigenvalue weighted by Gasteiger charge is -2.27. The van der Waals surface area contributed by atoms with Crippen molar-refractivity contribution >= 4 is 11.6 Å². The van der Waals surface area contributed by atoms with E-state index < -0.39 is 6.17 Å². The maximum Gasteiger partial charge on any atom is 0.258 e. The lowest BCUT2D eigenvalue weighted by molar-refractivity contribution is 0.0727. The fourth-order valence-corrected chi connectivity index (χ4v) is 3.41. The number of benzene rings is 2. The summed E-state index contributed by atoms with van der Waals surface area (Å²) in [6.45, 7) is 2.24. The molecule has 0 unspecified atom stereocenters. The molecule has 5 nitrogen and oxygen atoms in total. The van der Waals surface area contributed by atoms with Crippen LogP contribution in [0, 0.1) is 12.7 Å². The van der Waals surface area contributed by atoms with Gasteiger partial charge in [-0.25, -0.2) is 4.39 Å².